The third-order valence-electron chi connectivity index (χ3n) is 4.60. The number of carbonyl (C=O) groups excluding carboxylic acids is 2. The Kier molecular flexibility index (Phi) is 6.49. The van der Waals surface area contributed by atoms with Crippen LogP contribution in [0.2, 0.25) is 5.02 Å². The lowest BCUT2D eigenvalue weighted by atomic mass is 9.99. The molecule has 1 aliphatic heterocycles. The van der Waals surface area contributed by atoms with Gasteiger partial charge in [0.05, 0.1) is 32.3 Å². The first kappa shape index (κ1) is 20.8. The topological polar surface area (TPSA) is 85.9 Å². The zero-order chi connectivity index (χ0) is 21.0. The van der Waals surface area contributed by atoms with Gasteiger partial charge in [-0.1, -0.05) is 11.6 Å². The molecule has 1 heterocycles. The van der Waals surface area contributed by atoms with E-state index in [2.05, 4.69) is 10.6 Å². The lowest BCUT2D eigenvalue weighted by molar-refractivity contribution is -0.125. The van der Waals surface area contributed by atoms with Crippen LogP contribution in [0.3, 0.4) is 0 Å². The Morgan fingerprint density at radius 1 is 1.17 bits per heavy atom. The molecule has 2 amide bonds. The number of ether oxygens (including phenoxy) is 3. The number of hydrogen-bond donors (Lipinski definition) is 2. The maximum Gasteiger partial charge on any atom is 0.239 e. The van der Waals surface area contributed by atoms with Crippen molar-refractivity contribution in [2.45, 2.75) is 19.4 Å². The Bertz CT molecular complexity index is 932. The molecule has 0 bridgehead atoms. The lowest BCUT2D eigenvalue weighted by Crippen LogP contribution is -2.40. The van der Waals surface area contributed by atoms with Crippen LogP contribution in [0.15, 0.2) is 30.3 Å². The number of hydrogen-bond acceptors (Lipinski definition) is 5. The monoisotopic (exact) mass is 418 g/mol. The number of benzene rings is 2. The van der Waals surface area contributed by atoms with Crippen molar-refractivity contribution in [3.8, 4) is 28.4 Å². The average Bonchev–Trinajstić information content (AvgIpc) is 3.13. The molecule has 0 saturated carbocycles. The van der Waals surface area contributed by atoms with E-state index in [1.54, 1.807) is 14.2 Å². The van der Waals surface area contributed by atoms with Gasteiger partial charge in [-0.3, -0.25) is 9.59 Å². The predicted octanol–water partition coefficient (Wildman–Crippen LogP) is 2.58. The number of carbonyl (C=O) groups is 2. The molecule has 0 fully saturated rings. The zero-order valence-corrected chi connectivity index (χ0v) is 17.3. The molecule has 0 spiro atoms. The molecule has 154 valence electrons. The summed E-state index contributed by atoms with van der Waals surface area (Å²) in [6, 6.07) is 9.42. The average molecular weight is 419 g/mol. The normalized spacial score (nSPS) is 14.6. The minimum atomic E-state index is -0.271. The maximum atomic E-state index is 11.8. The van der Waals surface area contributed by atoms with E-state index in [9.17, 15) is 9.59 Å². The number of methoxy groups -OCH3 is 2. The number of nitrogens with one attached hydrogen (secondary N) is 2. The fourth-order valence-electron chi connectivity index (χ4n) is 3.19. The van der Waals surface area contributed by atoms with Crippen LogP contribution in [-0.4, -0.2) is 45.2 Å². The van der Waals surface area contributed by atoms with Gasteiger partial charge >= 0.3 is 0 Å². The Hall–Kier alpha value is -2.93. The largest absolute Gasteiger partial charge is 0.497 e. The van der Waals surface area contributed by atoms with E-state index < -0.39 is 0 Å². The molecule has 2 aromatic rings. The van der Waals surface area contributed by atoms with Gasteiger partial charge < -0.3 is 24.8 Å². The highest BCUT2D eigenvalue weighted by molar-refractivity contribution is 6.32. The van der Waals surface area contributed by atoms with Crippen LogP contribution < -0.4 is 24.8 Å². The van der Waals surface area contributed by atoms with Gasteiger partial charge in [0.1, 0.15) is 23.4 Å². The molecular formula is C21H23ClN2O5. The molecule has 29 heavy (non-hydrogen) atoms. The van der Waals surface area contributed by atoms with E-state index in [0.29, 0.717) is 35.2 Å². The summed E-state index contributed by atoms with van der Waals surface area (Å²) in [5.41, 5.74) is 2.71. The van der Waals surface area contributed by atoms with Crippen LogP contribution in [-0.2, 0) is 16.0 Å². The third-order valence-corrected chi connectivity index (χ3v) is 4.88. The SMILES string of the molecule is COc1ccc(OC)c(-c2cc(Cl)c3c(c2)CC(CNC(=O)CNC(C)=O)O3)c1. The zero-order valence-electron chi connectivity index (χ0n) is 16.5. The van der Waals surface area contributed by atoms with Crippen molar-refractivity contribution in [3.05, 3.63) is 40.9 Å². The summed E-state index contributed by atoms with van der Waals surface area (Å²) in [6.45, 7) is 1.62. The molecule has 0 aromatic heterocycles. The fraction of sp³-hybridized carbons (Fsp3) is 0.333. The summed E-state index contributed by atoms with van der Waals surface area (Å²) in [5.74, 6) is 1.53. The first-order valence-electron chi connectivity index (χ1n) is 9.14. The molecule has 3 rings (SSSR count). The first-order chi connectivity index (χ1) is 13.9. The highest BCUT2D eigenvalue weighted by Gasteiger charge is 2.27. The smallest absolute Gasteiger partial charge is 0.239 e. The Labute approximate surface area is 174 Å². The third kappa shape index (κ3) is 4.92. The number of rotatable bonds is 7. The molecule has 1 atom stereocenters. The van der Waals surface area contributed by atoms with E-state index in [0.717, 1.165) is 16.7 Å². The number of amides is 2. The second-order valence-corrected chi connectivity index (χ2v) is 7.08. The molecule has 0 saturated heterocycles. The van der Waals surface area contributed by atoms with Crippen molar-refractivity contribution >= 4 is 23.4 Å². The Balaban J connectivity index is 1.74. The highest BCUT2D eigenvalue weighted by atomic mass is 35.5. The van der Waals surface area contributed by atoms with Crippen LogP contribution in [0.5, 0.6) is 17.2 Å². The summed E-state index contributed by atoms with van der Waals surface area (Å²) in [7, 11) is 3.23. The number of halogens is 1. The predicted molar refractivity (Wildman–Crippen MR) is 110 cm³/mol. The highest BCUT2D eigenvalue weighted by Crippen LogP contribution is 2.42. The van der Waals surface area contributed by atoms with Gasteiger partial charge in [-0.15, -0.1) is 0 Å². The molecule has 7 nitrogen and oxygen atoms in total. The molecule has 2 aromatic carbocycles. The van der Waals surface area contributed by atoms with Crippen molar-refractivity contribution in [3.63, 3.8) is 0 Å². The van der Waals surface area contributed by atoms with Gasteiger partial charge in [0.2, 0.25) is 11.8 Å². The molecule has 1 unspecified atom stereocenters. The molecule has 8 heteroatoms. The van der Waals surface area contributed by atoms with Crippen LogP contribution in [0.25, 0.3) is 11.1 Å². The fourth-order valence-corrected chi connectivity index (χ4v) is 3.47. The number of fused-ring (bicyclic) bond motifs is 1. The molecular weight excluding hydrogens is 396 g/mol. The van der Waals surface area contributed by atoms with Gasteiger partial charge in [-0.05, 0) is 35.9 Å². The van der Waals surface area contributed by atoms with Gasteiger partial charge in [0.15, 0.2) is 0 Å². The van der Waals surface area contributed by atoms with E-state index >= 15 is 0 Å². The molecule has 0 aliphatic carbocycles. The van der Waals surface area contributed by atoms with E-state index in [1.807, 2.05) is 30.3 Å². The molecule has 0 radical (unpaired) electrons. The summed E-state index contributed by atoms with van der Waals surface area (Å²) < 4.78 is 16.7. The summed E-state index contributed by atoms with van der Waals surface area (Å²) in [5, 5.41) is 5.71. The first-order valence-corrected chi connectivity index (χ1v) is 9.51. The maximum absolute atomic E-state index is 11.8. The Morgan fingerprint density at radius 3 is 2.66 bits per heavy atom. The second kappa shape index (κ2) is 9.05. The minimum Gasteiger partial charge on any atom is -0.497 e. The lowest BCUT2D eigenvalue weighted by Gasteiger charge is -2.13. The van der Waals surface area contributed by atoms with Crippen molar-refractivity contribution in [2.75, 3.05) is 27.3 Å². The van der Waals surface area contributed by atoms with Crippen LogP contribution in [0.4, 0.5) is 0 Å². The summed E-state index contributed by atoms with van der Waals surface area (Å²) in [6.07, 6.45) is 0.376. The van der Waals surface area contributed by atoms with E-state index in [1.165, 1.54) is 6.92 Å². The second-order valence-electron chi connectivity index (χ2n) is 6.67. The van der Waals surface area contributed by atoms with Gasteiger partial charge in [-0.25, -0.2) is 0 Å². The van der Waals surface area contributed by atoms with Crippen LogP contribution >= 0.6 is 11.6 Å². The summed E-state index contributed by atoms with van der Waals surface area (Å²) in [4.78, 5) is 22.7. The van der Waals surface area contributed by atoms with Crippen molar-refractivity contribution in [2.24, 2.45) is 0 Å². The summed E-state index contributed by atoms with van der Waals surface area (Å²) >= 11 is 6.47. The standard InChI is InChI=1S/C21H23ClN2O5/c1-12(25)23-11-20(26)24-10-16-7-14-6-13(8-18(22)21(14)29-16)17-9-15(27-2)4-5-19(17)28-3/h4-6,8-9,16H,7,10-11H2,1-3H3,(H,23,25)(H,24,26). The minimum absolute atomic E-state index is 0.0600. The molecule has 2 N–H and O–H groups in total. The van der Waals surface area contributed by atoms with E-state index in [-0.39, 0.29) is 24.5 Å². The van der Waals surface area contributed by atoms with Crippen LogP contribution in [0.1, 0.15) is 12.5 Å². The van der Waals surface area contributed by atoms with Gasteiger partial charge in [0.25, 0.3) is 0 Å². The van der Waals surface area contributed by atoms with Gasteiger partial charge in [-0.2, -0.15) is 0 Å². The van der Waals surface area contributed by atoms with Crippen molar-refractivity contribution < 1.29 is 23.8 Å². The van der Waals surface area contributed by atoms with Gasteiger partial charge in [0, 0.05) is 24.5 Å². The van der Waals surface area contributed by atoms with E-state index in [4.69, 9.17) is 25.8 Å². The van der Waals surface area contributed by atoms with Crippen molar-refractivity contribution in [1.29, 1.82) is 0 Å². The Morgan fingerprint density at radius 2 is 1.97 bits per heavy atom. The quantitative estimate of drug-likeness (QED) is 0.721. The van der Waals surface area contributed by atoms with Crippen LogP contribution in [0, 0.1) is 0 Å². The molecule has 1 aliphatic rings. The van der Waals surface area contributed by atoms with Crippen molar-refractivity contribution in [1.82, 2.24) is 10.6 Å².